The van der Waals surface area contributed by atoms with Gasteiger partial charge in [0, 0.05) is 22.3 Å². The predicted molar refractivity (Wildman–Crippen MR) is 111 cm³/mol. The van der Waals surface area contributed by atoms with Crippen molar-refractivity contribution in [3.8, 4) is 11.5 Å². The van der Waals surface area contributed by atoms with Gasteiger partial charge in [-0.3, -0.25) is 4.79 Å². The van der Waals surface area contributed by atoms with Crippen LogP contribution in [0.25, 0.3) is 0 Å². The highest BCUT2D eigenvalue weighted by Gasteiger charge is 2.11. The van der Waals surface area contributed by atoms with E-state index >= 15 is 0 Å². The highest BCUT2D eigenvalue weighted by molar-refractivity contribution is 6.30. The predicted octanol–water partition coefficient (Wildman–Crippen LogP) is 5.06. The van der Waals surface area contributed by atoms with Gasteiger partial charge in [-0.05, 0) is 48.9 Å². The fourth-order valence-electron chi connectivity index (χ4n) is 2.55. The number of amides is 1. The van der Waals surface area contributed by atoms with Gasteiger partial charge in [0.05, 0.1) is 26.1 Å². The van der Waals surface area contributed by atoms with Gasteiger partial charge < -0.3 is 20.1 Å². The number of aromatic nitrogens is 1. The van der Waals surface area contributed by atoms with Gasteiger partial charge in [0.15, 0.2) is 0 Å². The molecule has 0 aliphatic carbocycles. The second-order valence-electron chi connectivity index (χ2n) is 6.07. The second kappa shape index (κ2) is 8.63. The summed E-state index contributed by atoms with van der Waals surface area (Å²) in [6, 6.07) is 14.1. The van der Waals surface area contributed by atoms with Crippen molar-refractivity contribution in [2.75, 3.05) is 24.9 Å². The van der Waals surface area contributed by atoms with Gasteiger partial charge in [-0.1, -0.05) is 17.7 Å². The van der Waals surface area contributed by atoms with Gasteiger partial charge in [-0.2, -0.15) is 0 Å². The molecule has 6 nitrogen and oxygen atoms in total. The fourth-order valence-corrected chi connectivity index (χ4v) is 2.73. The van der Waals surface area contributed by atoms with Gasteiger partial charge in [0.1, 0.15) is 17.3 Å². The van der Waals surface area contributed by atoms with Crippen LogP contribution in [0.4, 0.5) is 17.2 Å². The van der Waals surface area contributed by atoms with E-state index in [-0.39, 0.29) is 5.91 Å². The quantitative estimate of drug-likeness (QED) is 0.608. The summed E-state index contributed by atoms with van der Waals surface area (Å²) in [5.74, 6) is 1.19. The molecule has 0 fully saturated rings. The van der Waals surface area contributed by atoms with Crippen LogP contribution in [-0.2, 0) is 0 Å². The third-order valence-corrected chi connectivity index (χ3v) is 4.33. The monoisotopic (exact) mass is 397 g/mol. The number of carbonyl (C=O) groups excluding carboxylic acids is 1. The minimum absolute atomic E-state index is 0.309. The largest absolute Gasteiger partial charge is 0.497 e. The molecule has 0 aliphatic heterocycles. The molecule has 0 unspecified atom stereocenters. The molecule has 3 rings (SSSR count). The average molecular weight is 398 g/mol. The first kappa shape index (κ1) is 19.5. The third kappa shape index (κ3) is 4.72. The molecule has 144 valence electrons. The number of hydrogen-bond donors (Lipinski definition) is 2. The number of methoxy groups -OCH3 is 2. The highest BCUT2D eigenvalue weighted by atomic mass is 35.5. The lowest BCUT2D eigenvalue weighted by Crippen LogP contribution is -2.13. The highest BCUT2D eigenvalue weighted by Crippen LogP contribution is 2.25. The SMILES string of the molecule is COc1cc(OC)cc(C(=O)Nc2ccc(Nc3cc(Cl)ccc3C)cn2)c1. The molecule has 2 N–H and O–H groups in total. The minimum Gasteiger partial charge on any atom is -0.497 e. The molecule has 1 heterocycles. The lowest BCUT2D eigenvalue weighted by molar-refractivity contribution is 0.102. The molecule has 1 amide bonds. The van der Waals surface area contributed by atoms with Crippen LogP contribution in [0, 0.1) is 6.92 Å². The molecule has 0 atom stereocenters. The van der Waals surface area contributed by atoms with Crippen LogP contribution in [0.2, 0.25) is 5.02 Å². The molecule has 0 saturated heterocycles. The number of halogens is 1. The normalized spacial score (nSPS) is 10.3. The zero-order valence-corrected chi connectivity index (χ0v) is 16.5. The molecule has 28 heavy (non-hydrogen) atoms. The Bertz CT molecular complexity index is 968. The number of hydrogen-bond acceptors (Lipinski definition) is 5. The molecule has 0 spiro atoms. The standard InChI is InChI=1S/C21H20ClN3O3/c1-13-4-5-15(22)10-19(13)24-16-6-7-20(23-12-16)25-21(26)14-8-17(27-2)11-18(9-14)28-3/h4-12,24H,1-3H3,(H,23,25,26). The molecule has 2 aromatic carbocycles. The van der Waals surface area contributed by atoms with E-state index in [0.29, 0.717) is 27.9 Å². The lowest BCUT2D eigenvalue weighted by atomic mass is 10.2. The Hall–Kier alpha value is -3.25. The molecule has 0 saturated carbocycles. The Morgan fingerprint density at radius 3 is 2.32 bits per heavy atom. The molecule has 0 aliphatic rings. The molecular formula is C21H20ClN3O3. The number of carbonyl (C=O) groups is 1. The van der Waals surface area contributed by atoms with Crippen LogP contribution in [0.15, 0.2) is 54.7 Å². The Morgan fingerprint density at radius 1 is 1.00 bits per heavy atom. The molecule has 0 radical (unpaired) electrons. The summed E-state index contributed by atoms with van der Waals surface area (Å²) in [5, 5.41) is 6.68. The minimum atomic E-state index is -0.309. The number of anilines is 3. The molecule has 7 heteroatoms. The van der Waals surface area contributed by atoms with Crippen molar-refractivity contribution in [1.29, 1.82) is 0 Å². The van der Waals surface area contributed by atoms with Crippen molar-refractivity contribution in [3.05, 3.63) is 70.9 Å². The smallest absolute Gasteiger partial charge is 0.257 e. The topological polar surface area (TPSA) is 72.5 Å². The van der Waals surface area contributed by atoms with E-state index < -0.39 is 0 Å². The van der Waals surface area contributed by atoms with E-state index in [0.717, 1.165) is 16.9 Å². The van der Waals surface area contributed by atoms with Crippen LogP contribution in [0.5, 0.6) is 11.5 Å². The van der Waals surface area contributed by atoms with Gasteiger partial charge in [0.2, 0.25) is 0 Å². The summed E-state index contributed by atoms with van der Waals surface area (Å²) in [6.45, 7) is 1.99. The molecule has 3 aromatic rings. The number of pyridine rings is 1. The van der Waals surface area contributed by atoms with Crippen molar-refractivity contribution < 1.29 is 14.3 Å². The number of benzene rings is 2. The van der Waals surface area contributed by atoms with Crippen molar-refractivity contribution in [1.82, 2.24) is 4.98 Å². The first-order chi connectivity index (χ1) is 13.5. The van der Waals surface area contributed by atoms with Gasteiger partial charge in [-0.15, -0.1) is 0 Å². The maximum atomic E-state index is 12.5. The number of aryl methyl sites for hydroxylation is 1. The van der Waals surface area contributed by atoms with Crippen LogP contribution < -0.4 is 20.1 Å². The zero-order chi connectivity index (χ0) is 20.1. The van der Waals surface area contributed by atoms with Gasteiger partial charge in [0.25, 0.3) is 5.91 Å². The van der Waals surface area contributed by atoms with E-state index in [1.807, 2.05) is 31.2 Å². The van der Waals surface area contributed by atoms with E-state index in [4.69, 9.17) is 21.1 Å². The van der Waals surface area contributed by atoms with Crippen LogP contribution in [-0.4, -0.2) is 25.1 Å². The summed E-state index contributed by atoms with van der Waals surface area (Å²) in [5.41, 5.74) is 3.16. The Labute approximate surface area is 168 Å². The van der Waals surface area contributed by atoms with Crippen molar-refractivity contribution >= 4 is 34.7 Å². The number of rotatable bonds is 6. The summed E-state index contributed by atoms with van der Waals surface area (Å²) < 4.78 is 10.4. The Kier molecular flexibility index (Phi) is 6.01. The van der Waals surface area contributed by atoms with E-state index in [1.165, 1.54) is 14.2 Å². The van der Waals surface area contributed by atoms with Crippen LogP contribution in [0.3, 0.4) is 0 Å². The number of nitrogens with zero attached hydrogens (tertiary/aromatic N) is 1. The first-order valence-electron chi connectivity index (χ1n) is 8.52. The Balaban J connectivity index is 1.72. The lowest BCUT2D eigenvalue weighted by Gasteiger charge is -2.11. The molecule has 1 aromatic heterocycles. The van der Waals surface area contributed by atoms with Crippen molar-refractivity contribution in [2.45, 2.75) is 6.92 Å². The molecular weight excluding hydrogens is 378 g/mol. The first-order valence-corrected chi connectivity index (χ1v) is 8.90. The summed E-state index contributed by atoms with van der Waals surface area (Å²) in [6.07, 6.45) is 1.64. The van der Waals surface area contributed by atoms with E-state index in [1.54, 1.807) is 30.5 Å². The average Bonchev–Trinajstić information content (AvgIpc) is 2.71. The number of ether oxygens (including phenoxy) is 2. The summed E-state index contributed by atoms with van der Waals surface area (Å²) in [7, 11) is 3.07. The van der Waals surface area contributed by atoms with E-state index in [2.05, 4.69) is 15.6 Å². The van der Waals surface area contributed by atoms with Crippen LogP contribution >= 0.6 is 11.6 Å². The maximum Gasteiger partial charge on any atom is 0.257 e. The maximum absolute atomic E-state index is 12.5. The Morgan fingerprint density at radius 2 is 1.71 bits per heavy atom. The van der Waals surface area contributed by atoms with Gasteiger partial charge >= 0.3 is 0 Å². The summed E-state index contributed by atoms with van der Waals surface area (Å²) >= 11 is 6.05. The van der Waals surface area contributed by atoms with Crippen LogP contribution in [0.1, 0.15) is 15.9 Å². The van der Waals surface area contributed by atoms with E-state index in [9.17, 15) is 4.79 Å². The second-order valence-corrected chi connectivity index (χ2v) is 6.51. The third-order valence-electron chi connectivity index (χ3n) is 4.10. The summed E-state index contributed by atoms with van der Waals surface area (Å²) in [4.78, 5) is 16.8. The fraction of sp³-hybridized carbons (Fsp3) is 0.143. The van der Waals surface area contributed by atoms with Crippen molar-refractivity contribution in [2.24, 2.45) is 0 Å². The number of nitrogens with one attached hydrogen (secondary N) is 2. The van der Waals surface area contributed by atoms with Gasteiger partial charge in [-0.25, -0.2) is 4.98 Å². The molecule has 0 bridgehead atoms. The van der Waals surface area contributed by atoms with Crippen molar-refractivity contribution in [3.63, 3.8) is 0 Å². The zero-order valence-electron chi connectivity index (χ0n) is 15.7.